The molecule has 0 aromatic heterocycles. The van der Waals surface area contributed by atoms with Crippen LogP contribution in [0, 0.1) is 0 Å². The topological polar surface area (TPSA) is 21.3 Å². The van der Waals surface area contributed by atoms with Crippen molar-refractivity contribution < 1.29 is 4.74 Å². The number of halogens is 2. The molecule has 0 saturated heterocycles. The van der Waals surface area contributed by atoms with E-state index >= 15 is 0 Å². The average Bonchev–Trinajstić information content (AvgIpc) is 2.27. The van der Waals surface area contributed by atoms with E-state index in [2.05, 4.69) is 33.0 Å². The molecule has 18 heavy (non-hydrogen) atoms. The molecule has 0 heterocycles. The molecule has 0 aliphatic carbocycles. The fourth-order valence-electron chi connectivity index (χ4n) is 1.44. The maximum Gasteiger partial charge on any atom is 0.139 e. The number of rotatable bonds is 5. The first-order valence-corrected chi connectivity index (χ1v) is 6.94. The van der Waals surface area contributed by atoms with Crippen LogP contribution in [0.15, 0.2) is 18.2 Å². The third kappa shape index (κ3) is 5.47. The van der Waals surface area contributed by atoms with E-state index in [1.54, 1.807) is 18.2 Å². The molecule has 0 fully saturated rings. The number of hydrogen-bond donors (Lipinski definition) is 1. The zero-order valence-electron chi connectivity index (χ0n) is 11.4. The summed E-state index contributed by atoms with van der Waals surface area (Å²) in [6, 6.07) is 5.26. The van der Waals surface area contributed by atoms with Gasteiger partial charge in [-0.25, -0.2) is 0 Å². The van der Waals surface area contributed by atoms with Crippen molar-refractivity contribution in [2.24, 2.45) is 0 Å². The molecular formula is C14H21Cl2NO. The summed E-state index contributed by atoms with van der Waals surface area (Å²) < 4.78 is 5.89. The van der Waals surface area contributed by atoms with E-state index in [0.29, 0.717) is 15.8 Å². The van der Waals surface area contributed by atoms with Gasteiger partial charge in [-0.2, -0.15) is 0 Å². The van der Waals surface area contributed by atoms with Crippen molar-refractivity contribution >= 4 is 23.2 Å². The van der Waals surface area contributed by atoms with E-state index in [1.807, 2.05) is 0 Å². The number of ether oxygens (including phenoxy) is 1. The molecule has 1 aromatic carbocycles. The summed E-state index contributed by atoms with van der Waals surface area (Å²) in [4.78, 5) is 0. The molecule has 0 amide bonds. The lowest BCUT2D eigenvalue weighted by molar-refractivity contribution is 0.181. The predicted octanol–water partition coefficient (Wildman–Crippen LogP) is 4.54. The fourth-order valence-corrected chi connectivity index (χ4v) is 1.76. The van der Waals surface area contributed by atoms with Gasteiger partial charge in [-0.3, -0.25) is 0 Å². The Balaban J connectivity index is 2.65. The van der Waals surface area contributed by atoms with Crippen molar-refractivity contribution in [2.75, 3.05) is 6.54 Å². The highest BCUT2D eigenvalue weighted by atomic mass is 35.5. The highest BCUT2D eigenvalue weighted by molar-refractivity contribution is 6.34. The number of hydrogen-bond acceptors (Lipinski definition) is 2. The summed E-state index contributed by atoms with van der Waals surface area (Å²) in [5, 5.41) is 4.65. The minimum Gasteiger partial charge on any atom is -0.488 e. The Morgan fingerprint density at radius 3 is 2.50 bits per heavy atom. The normalized spacial score (nSPS) is 13.4. The van der Waals surface area contributed by atoms with Gasteiger partial charge in [-0.15, -0.1) is 0 Å². The summed E-state index contributed by atoms with van der Waals surface area (Å²) in [5.41, 5.74) is 0.0783. The first-order valence-electron chi connectivity index (χ1n) is 6.18. The van der Waals surface area contributed by atoms with Crippen molar-refractivity contribution in [3.63, 3.8) is 0 Å². The molecule has 0 aliphatic rings. The molecule has 102 valence electrons. The monoisotopic (exact) mass is 289 g/mol. The maximum absolute atomic E-state index is 6.08. The van der Waals surface area contributed by atoms with E-state index in [-0.39, 0.29) is 11.6 Å². The SMILES string of the molecule is CCC(CNC(C)(C)C)Oc1cc(Cl)ccc1Cl. The van der Waals surface area contributed by atoms with E-state index in [4.69, 9.17) is 27.9 Å². The van der Waals surface area contributed by atoms with Gasteiger partial charge in [-0.1, -0.05) is 30.1 Å². The van der Waals surface area contributed by atoms with Gasteiger partial charge < -0.3 is 10.1 Å². The zero-order valence-corrected chi connectivity index (χ0v) is 12.9. The largest absolute Gasteiger partial charge is 0.488 e. The van der Waals surface area contributed by atoms with E-state index in [1.165, 1.54) is 0 Å². The summed E-state index contributed by atoms with van der Waals surface area (Å²) in [6.07, 6.45) is 0.992. The van der Waals surface area contributed by atoms with Gasteiger partial charge in [0.15, 0.2) is 0 Å². The Morgan fingerprint density at radius 1 is 1.28 bits per heavy atom. The van der Waals surface area contributed by atoms with Crippen LogP contribution in [0.4, 0.5) is 0 Å². The van der Waals surface area contributed by atoms with Crippen LogP contribution in [-0.2, 0) is 0 Å². The van der Waals surface area contributed by atoms with Gasteiger partial charge >= 0.3 is 0 Å². The third-order valence-electron chi connectivity index (χ3n) is 2.50. The average molecular weight is 290 g/mol. The summed E-state index contributed by atoms with van der Waals surface area (Å²) in [7, 11) is 0. The lowest BCUT2D eigenvalue weighted by Crippen LogP contribution is -2.42. The first kappa shape index (κ1) is 15.6. The van der Waals surface area contributed by atoms with Crippen molar-refractivity contribution in [3.05, 3.63) is 28.2 Å². The molecule has 0 aliphatic heterocycles. The van der Waals surface area contributed by atoms with Crippen LogP contribution in [0.3, 0.4) is 0 Å². The van der Waals surface area contributed by atoms with Crippen LogP contribution in [0.25, 0.3) is 0 Å². The van der Waals surface area contributed by atoms with Gasteiger partial charge in [0, 0.05) is 23.2 Å². The number of nitrogens with one attached hydrogen (secondary N) is 1. The Hall–Kier alpha value is -0.440. The van der Waals surface area contributed by atoms with Crippen molar-refractivity contribution in [1.82, 2.24) is 5.32 Å². The van der Waals surface area contributed by atoms with Gasteiger partial charge in [0.25, 0.3) is 0 Å². The molecular weight excluding hydrogens is 269 g/mol. The lowest BCUT2D eigenvalue weighted by atomic mass is 10.1. The molecule has 2 nitrogen and oxygen atoms in total. The zero-order chi connectivity index (χ0) is 13.8. The highest BCUT2D eigenvalue weighted by Crippen LogP contribution is 2.28. The van der Waals surface area contributed by atoms with Crippen LogP contribution >= 0.6 is 23.2 Å². The molecule has 0 bridgehead atoms. The lowest BCUT2D eigenvalue weighted by Gasteiger charge is -2.25. The smallest absolute Gasteiger partial charge is 0.139 e. The van der Waals surface area contributed by atoms with Crippen molar-refractivity contribution in [3.8, 4) is 5.75 Å². The summed E-state index contributed by atoms with van der Waals surface area (Å²) in [6.45, 7) is 9.26. The maximum atomic E-state index is 6.08. The Morgan fingerprint density at radius 2 is 1.94 bits per heavy atom. The van der Waals surface area contributed by atoms with Crippen LogP contribution < -0.4 is 10.1 Å². The molecule has 1 N–H and O–H groups in total. The second kappa shape index (κ2) is 6.65. The van der Waals surface area contributed by atoms with Crippen LogP contribution in [0.5, 0.6) is 5.75 Å². The summed E-state index contributed by atoms with van der Waals surface area (Å²) in [5.74, 6) is 0.645. The fraction of sp³-hybridized carbons (Fsp3) is 0.571. The Bertz CT molecular complexity index is 388. The molecule has 1 rings (SSSR count). The van der Waals surface area contributed by atoms with Crippen LogP contribution in [0.2, 0.25) is 10.0 Å². The van der Waals surface area contributed by atoms with E-state index in [9.17, 15) is 0 Å². The van der Waals surface area contributed by atoms with Crippen molar-refractivity contribution in [2.45, 2.75) is 45.8 Å². The minimum absolute atomic E-state index is 0.0783. The summed E-state index contributed by atoms with van der Waals surface area (Å²) >= 11 is 12.0. The minimum atomic E-state index is 0.0783. The van der Waals surface area contributed by atoms with Gasteiger partial charge in [0.05, 0.1) is 5.02 Å². The molecule has 0 saturated carbocycles. The standard InChI is InChI=1S/C14H21Cl2NO/c1-5-11(9-17-14(2,3)4)18-13-8-10(15)6-7-12(13)16/h6-8,11,17H,5,9H2,1-4H3. The molecule has 0 radical (unpaired) electrons. The number of benzene rings is 1. The van der Waals surface area contributed by atoms with Gasteiger partial charge in [-0.05, 0) is 39.3 Å². The Kier molecular flexibility index (Phi) is 5.77. The second-order valence-electron chi connectivity index (χ2n) is 5.35. The Labute approximate surface area is 120 Å². The second-order valence-corrected chi connectivity index (χ2v) is 6.20. The molecule has 1 atom stereocenters. The first-order chi connectivity index (χ1) is 8.31. The van der Waals surface area contributed by atoms with E-state index in [0.717, 1.165) is 13.0 Å². The van der Waals surface area contributed by atoms with E-state index < -0.39 is 0 Å². The van der Waals surface area contributed by atoms with Crippen LogP contribution in [0.1, 0.15) is 34.1 Å². The van der Waals surface area contributed by atoms with Crippen LogP contribution in [-0.4, -0.2) is 18.2 Å². The van der Waals surface area contributed by atoms with Gasteiger partial charge in [0.2, 0.25) is 0 Å². The van der Waals surface area contributed by atoms with Crippen molar-refractivity contribution in [1.29, 1.82) is 0 Å². The highest BCUT2D eigenvalue weighted by Gasteiger charge is 2.15. The predicted molar refractivity (Wildman–Crippen MR) is 78.9 cm³/mol. The quantitative estimate of drug-likeness (QED) is 0.859. The van der Waals surface area contributed by atoms with Gasteiger partial charge in [0.1, 0.15) is 11.9 Å². The molecule has 4 heteroatoms. The molecule has 1 aromatic rings. The third-order valence-corrected chi connectivity index (χ3v) is 3.05. The molecule has 1 unspecified atom stereocenters. The molecule has 0 spiro atoms.